The maximum absolute atomic E-state index is 12.4. The van der Waals surface area contributed by atoms with Crippen LogP contribution in [-0.2, 0) is 0 Å². The fourth-order valence-electron chi connectivity index (χ4n) is 9.25. The molecule has 0 saturated carbocycles. The van der Waals surface area contributed by atoms with Crippen LogP contribution in [0.5, 0.6) is 23.0 Å². The summed E-state index contributed by atoms with van der Waals surface area (Å²) in [6.07, 6.45) is 8.87. The Morgan fingerprint density at radius 1 is 0.609 bits per heavy atom. The van der Waals surface area contributed by atoms with Gasteiger partial charge in [-0.3, -0.25) is 0 Å². The molecule has 0 bridgehead atoms. The SMILES string of the molecule is C=CC.C=CCN(c1ccccc1C(=C)C=C)c1cc(C)cc(-c2c(OCCCCOc3ccc4ccccc4c3-c3cc(C)cc(-n4cc(C)c5ccccc54)c3O)ccc3ccccc23)c1O. The number of hydrogen-bond donors (Lipinski definition) is 2. The highest BCUT2D eigenvalue weighted by molar-refractivity contribution is 6.04. The molecule has 0 atom stereocenters. The highest BCUT2D eigenvalue weighted by atomic mass is 16.5. The number of para-hydroxylation sites is 2. The average Bonchev–Trinajstić information content (AvgIpc) is 3.70. The van der Waals surface area contributed by atoms with E-state index in [1.165, 1.54) is 0 Å². The van der Waals surface area contributed by atoms with Crippen LogP contribution in [0.15, 0.2) is 196 Å². The average molecular weight is 909 g/mol. The molecular weight excluding hydrogens is 849 g/mol. The van der Waals surface area contributed by atoms with Crippen molar-refractivity contribution in [1.82, 2.24) is 4.57 Å². The number of aromatic nitrogens is 1. The summed E-state index contributed by atoms with van der Waals surface area (Å²) in [6.45, 7) is 25.1. The summed E-state index contributed by atoms with van der Waals surface area (Å²) in [7, 11) is 0. The molecule has 0 amide bonds. The molecule has 6 heteroatoms. The molecule has 0 fully saturated rings. The first-order valence-corrected chi connectivity index (χ1v) is 23.5. The van der Waals surface area contributed by atoms with Gasteiger partial charge in [0.2, 0.25) is 0 Å². The van der Waals surface area contributed by atoms with Gasteiger partial charge in [0.05, 0.1) is 30.1 Å². The molecule has 1 heterocycles. The highest BCUT2D eigenvalue weighted by Crippen LogP contribution is 2.49. The van der Waals surface area contributed by atoms with E-state index in [9.17, 15) is 10.2 Å². The number of nitrogens with zero attached hydrogens (tertiary/aromatic N) is 2. The molecular formula is C63H60N2O4. The lowest BCUT2D eigenvalue weighted by atomic mass is 9.94. The summed E-state index contributed by atoms with van der Waals surface area (Å²) in [5.41, 5.74) is 11.3. The van der Waals surface area contributed by atoms with E-state index in [0.717, 1.165) is 101 Å². The van der Waals surface area contributed by atoms with Gasteiger partial charge in [-0.1, -0.05) is 128 Å². The van der Waals surface area contributed by atoms with Crippen LogP contribution in [0.3, 0.4) is 0 Å². The third-order valence-corrected chi connectivity index (χ3v) is 12.4. The zero-order valence-corrected chi connectivity index (χ0v) is 40.1. The second-order valence-electron chi connectivity index (χ2n) is 17.3. The predicted molar refractivity (Wildman–Crippen MR) is 292 cm³/mol. The molecule has 0 aliphatic carbocycles. The van der Waals surface area contributed by atoms with Gasteiger partial charge in [0.15, 0.2) is 0 Å². The van der Waals surface area contributed by atoms with Crippen molar-refractivity contribution in [3.63, 3.8) is 0 Å². The minimum Gasteiger partial charge on any atom is -0.505 e. The summed E-state index contributed by atoms with van der Waals surface area (Å²) in [4.78, 5) is 2.07. The van der Waals surface area contributed by atoms with Crippen molar-refractivity contribution >= 4 is 49.4 Å². The lowest BCUT2D eigenvalue weighted by molar-refractivity contribution is 0.268. The number of ether oxygens (including phenoxy) is 2. The van der Waals surface area contributed by atoms with Crippen LogP contribution in [0.1, 0.15) is 42.0 Å². The van der Waals surface area contributed by atoms with Gasteiger partial charge in [0.25, 0.3) is 0 Å². The zero-order chi connectivity index (χ0) is 48.6. The fraction of sp³-hybridized carbons (Fsp3) is 0.143. The molecule has 69 heavy (non-hydrogen) atoms. The molecule has 0 unspecified atom stereocenters. The third-order valence-electron chi connectivity index (χ3n) is 12.4. The predicted octanol–water partition coefficient (Wildman–Crippen LogP) is 16.6. The number of anilines is 2. The molecule has 0 spiro atoms. The van der Waals surface area contributed by atoms with Crippen LogP contribution in [-0.4, -0.2) is 34.5 Å². The molecule has 2 N–H and O–H groups in total. The number of fused-ring (bicyclic) bond motifs is 3. The Balaban J connectivity index is 0.00000209. The third kappa shape index (κ3) is 9.65. The number of benzene rings is 8. The fourth-order valence-corrected chi connectivity index (χ4v) is 9.25. The van der Waals surface area contributed by atoms with E-state index in [1.807, 2.05) is 117 Å². The number of unbranched alkanes of at least 4 members (excludes halogenated alkanes) is 1. The summed E-state index contributed by atoms with van der Waals surface area (Å²) < 4.78 is 15.4. The zero-order valence-electron chi connectivity index (χ0n) is 40.1. The number of phenolic OH excluding ortho intramolecular Hbond substituents is 2. The monoisotopic (exact) mass is 908 g/mol. The van der Waals surface area contributed by atoms with Crippen LogP contribution in [0.25, 0.3) is 66.0 Å². The van der Waals surface area contributed by atoms with Gasteiger partial charge in [-0.15, -0.1) is 13.2 Å². The maximum Gasteiger partial charge on any atom is 0.147 e. The van der Waals surface area contributed by atoms with E-state index in [-0.39, 0.29) is 11.5 Å². The van der Waals surface area contributed by atoms with Gasteiger partial charge in [-0.2, -0.15) is 0 Å². The van der Waals surface area contributed by atoms with Gasteiger partial charge in [-0.05, 0) is 133 Å². The Morgan fingerprint density at radius 3 is 1.72 bits per heavy atom. The normalized spacial score (nSPS) is 11.0. The molecule has 0 radical (unpaired) electrons. The van der Waals surface area contributed by atoms with Crippen molar-refractivity contribution in [3.8, 4) is 50.9 Å². The number of aromatic hydroxyl groups is 2. The van der Waals surface area contributed by atoms with Gasteiger partial charge in [0.1, 0.15) is 23.0 Å². The highest BCUT2D eigenvalue weighted by Gasteiger charge is 2.24. The summed E-state index contributed by atoms with van der Waals surface area (Å²) in [5, 5.41) is 29.8. The quantitative estimate of drug-likeness (QED) is 0.0574. The first kappa shape index (κ1) is 47.3. The largest absolute Gasteiger partial charge is 0.505 e. The minimum absolute atomic E-state index is 0.144. The topological polar surface area (TPSA) is 67.1 Å². The smallest absolute Gasteiger partial charge is 0.147 e. The first-order valence-electron chi connectivity index (χ1n) is 23.5. The van der Waals surface area contributed by atoms with Gasteiger partial charge < -0.3 is 29.2 Å². The van der Waals surface area contributed by atoms with Crippen molar-refractivity contribution in [3.05, 3.63) is 219 Å². The molecule has 0 saturated heterocycles. The standard InChI is InChI=1S/C60H54N2O4.C3H6/c1-7-31-61(51-25-15-13-21-45(51)41(5)8-2)53-36-39(3)34-49(59(53)63)57-47-23-11-9-19-43(47)27-29-55(57)65-32-17-18-33-66-56-30-28-44-20-10-12-24-48(44)58(56)50-35-40(4)37-54(60(50)64)62-38-42(6)46-22-14-16-26-52(46)62;1-3-2/h7-16,19-30,34-38,63-64H,1-2,5,17-18,31-33H2,3-4,6H3;3H,1H2,2H3. The summed E-state index contributed by atoms with van der Waals surface area (Å²) in [5.74, 6) is 1.74. The van der Waals surface area contributed by atoms with Crippen LogP contribution >= 0.6 is 0 Å². The number of aryl methyl sites for hydroxylation is 3. The second-order valence-corrected chi connectivity index (χ2v) is 17.3. The van der Waals surface area contributed by atoms with Crippen LogP contribution in [0, 0.1) is 20.8 Å². The molecule has 6 nitrogen and oxygen atoms in total. The summed E-state index contributed by atoms with van der Waals surface area (Å²) in [6, 6.07) is 49.0. The number of allylic oxidation sites excluding steroid dienone is 3. The molecule has 1 aromatic heterocycles. The minimum atomic E-state index is 0.144. The van der Waals surface area contributed by atoms with Gasteiger partial charge in [-0.25, -0.2) is 0 Å². The summed E-state index contributed by atoms with van der Waals surface area (Å²) >= 11 is 0. The van der Waals surface area contributed by atoms with Crippen LogP contribution in [0.2, 0.25) is 0 Å². The molecule has 0 aliphatic rings. The van der Waals surface area contributed by atoms with Crippen molar-refractivity contribution in [1.29, 1.82) is 0 Å². The molecule has 9 aromatic rings. The Labute approximate surface area is 406 Å². The van der Waals surface area contributed by atoms with Crippen LogP contribution < -0.4 is 14.4 Å². The van der Waals surface area contributed by atoms with Crippen molar-refractivity contribution in [2.75, 3.05) is 24.7 Å². The number of hydrogen-bond acceptors (Lipinski definition) is 5. The van der Waals surface area contributed by atoms with Gasteiger partial charge >= 0.3 is 0 Å². The molecule has 9 rings (SSSR count). The number of phenols is 2. The molecule has 0 aliphatic heterocycles. The van der Waals surface area contributed by atoms with Gasteiger partial charge in [0, 0.05) is 51.6 Å². The molecule has 8 aromatic carbocycles. The Hall–Kier alpha value is -8.22. The Morgan fingerprint density at radius 2 is 1.13 bits per heavy atom. The Kier molecular flexibility index (Phi) is 14.5. The van der Waals surface area contributed by atoms with E-state index in [1.54, 1.807) is 12.2 Å². The van der Waals surface area contributed by atoms with E-state index in [2.05, 4.69) is 104 Å². The lowest BCUT2D eigenvalue weighted by Crippen LogP contribution is -2.18. The van der Waals surface area contributed by atoms with E-state index < -0.39 is 0 Å². The molecule has 346 valence electrons. The number of rotatable bonds is 16. The maximum atomic E-state index is 12.4. The Bertz CT molecular complexity index is 3380. The van der Waals surface area contributed by atoms with E-state index in [4.69, 9.17) is 9.47 Å². The van der Waals surface area contributed by atoms with E-state index >= 15 is 0 Å². The van der Waals surface area contributed by atoms with Crippen LogP contribution in [0.4, 0.5) is 11.4 Å². The second kappa shape index (κ2) is 21.2. The lowest BCUT2D eigenvalue weighted by Gasteiger charge is -2.28. The van der Waals surface area contributed by atoms with Crippen molar-refractivity contribution < 1.29 is 19.7 Å². The first-order chi connectivity index (χ1) is 33.6. The van der Waals surface area contributed by atoms with Crippen molar-refractivity contribution in [2.24, 2.45) is 0 Å². The van der Waals surface area contributed by atoms with E-state index in [0.29, 0.717) is 42.5 Å². The van der Waals surface area contributed by atoms with Crippen molar-refractivity contribution in [2.45, 2.75) is 40.5 Å².